The number of quaternary nitrogens is 2. The van der Waals surface area contributed by atoms with Crippen LogP contribution in [0.1, 0.15) is 72.1 Å². The molecule has 0 bridgehead atoms. The summed E-state index contributed by atoms with van der Waals surface area (Å²) in [5, 5.41) is 20.7. The van der Waals surface area contributed by atoms with Gasteiger partial charge in [0, 0.05) is 23.0 Å². The van der Waals surface area contributed by atoms with E-state index >= 15 is 0 Å². The van der Waals surface area contributed by atoms with Crippen LogP contribution in [0.25, 0.3) is 11.1 Å². The smallest absolute Gasteiger partial charge is 0.216 e. The fourth-order valence-electron chi connectivity index (χ4n) is 6.86. The topological polar surface area (TPSA) is 74.6 Å². The van der Waals surface area contributed by atoms with E-state index in [4.69, 9.17) is 0 Å². The van der Waals surface area contributed by atoms with Gasteiger partial charge in [0.15, 0.2) is 0 Å². The maximum atomic E-state index is 13.1. The Kier molecular flexibility index (Phi) is 9.99. The molecule has 40 heavy (non-hydrogen) atoms. The Morgan fingerprint density at radius 2 is 0.925 bits per heavy atom. The maximum Gasteiger partial charge on any atom is 0.216 e. The molecule has 2 fully saturated rings. The highest BCUT2D eigenvalue weighted by molar-refractivity contribution is 5.98. The van der Waals surface area contributed by atoms with E-state index in [-0.39, 0.29) is 35.6 Å². The lowest BCUT2D eigenvalue weighted by Gasteiger charge is -2.36. The van der Waals surface area contributed by atoms with E-state index in [0.717, 1.165) is 75.6 Å². The van der Waals surface area contributed by atoms with Gasteiger partial charge < -0.3 is 19.2 Å². The van der Waals surface area contributed by atoms with Crippen LogP contribution < -0.4 is 0 Å². The van der Waals surface area contributed by atoms with Crippen LogP contribution in [-0.2, 0) is 0 Å². The molecule has 0 saturated heterocycles. The van der Waals surface area contributed by atoms with Crippen molar-refractivity contribution in [3.8, 4) is 11.1 Å². The minimum absolute atomic E-state index is 0.115. The minimum atomic E-state index is -0.247. The van der Waals surface area contributed by atoms with E-state index in [0.29, 0.717) is 33.2 Å². The van der Waals surface area contributed by atoms with Gasteiger partial charge >= 0.3 is 0 Å². The molecule has 2 aromatic rings. The van der Waals surface area contributed by atoms with Gasteiger partial charge in [-0.3, -0.25) is 9.59 Å². The van der Waals surface area contributed by atoms with Crippen LogP contribution in [0.3, 0.4) is 0 Å². The second-order valence-corrected chi connectivity index (χ2v) is 13.8. The van der Waals surface area contributed by atoms with Crippen molar-refractivity contribution < 1.29 is 28.8 Å². The molecule has 4 atom stereocenters. The van der Waals surface area contributed by atoms with Crippen LogP contribution in [0.2, 0.25) is 0 Å². The fourth-order valence-corrected chi connectivity index (χ4v) is 6.86. The van der Waals surface area contributed by atoms with Gasteiger partial charge in [-0.2, -0.15) is 0 Å². The summed E-state index contributed by atoms with van der Waals surface area (Å²) >= 11 is 0. The normalized spacial score (nSPS) is 24.1. The second-order valence-electron chi connectivity index (χ2n) is 13.8. The first kappa shape index (κ1) is 30.6. The number of hydrogen-bond acceptors (Lipinski definition) is 4. The fraction of sp³-hybridized carbons (Fsp3) is 0.588. The van der Waals surface area contributed by atoms with Gasteiger partial charge in [0.2, 0.25) is 11.6 Å². The first-order chi connectivity index (χ1) is 18.9. The quantitative estimate of drug-likeness (QED) is 0.306. The summed E-state index contributed by atoms with van der Waals surface area (Å²) in [6.07, 6.45) is 7.85. The third-order valence-electron chi connectivity index (χ3n) is 9.09. The molecule has 4 unspecified atom stereocenters. The van der Waals surface area contributed by atoms with Crippen LogP contribution in [0.15, 0.2) is 48.5 Å². The first-order valence-corrected chi connectivity index (χ1v) is 15.2. The molecular weight excluding hydrogens is 500 g/mol. The van der Waals surface area contributed by atoms with Crippen molar-refractivity contribution in [2.75, 3.05) is 54.4 Å². The van der Waals surface area contributed by atoms with Gasteiger partial charge in [-0.25, -0.2) is 0 Å². The zero-order valence-electron chi connectivity index (χ0n) is 25.0. The molecule has 6 nitrogen and oxygen atoms in total. The molecule has 0 amide bonds. The molecular formula is C34H50N2O4+2. The molecule has 6 heteroatoms. The van der Waals surface area contributed by atoms with Crippen LogP contribution in [-0.4, -0.2) is 97.3 Å². The van der Waals surface area contributed by atoms with Gasteiger partial charge in [-0.05, 0) is 36.8 Å². The molecule has 2 aromatic carbocycles. The van der Waals surface area contributed by atoms with Gasteiger partial charge in [0.25, 0.3) is 0 Å². The van der Waals surface area contributed by atoms with E-state index in [1.165, 1.54) is 0 Å². The highest BCUT2D eigenvalue weighted by atomic mass is 16.3. The number of nitrogens with zero attached hydrogens (tertiary/aromatic N) is 2. The van der Waals surface area contributed by atoms with Crippen molar-refractivity contribution in [1.82, 2.24) is 0 Å². The number of ketones is 2. The molecule has 2 N–H and O–H groups in total. The third-order valence-corrected chi connectivity index (χ3v) is 9.09. The third kappa shape index (κ3) is 8.32. The number of aliphatic hydroxyl groups excluding tert-OH is 2. The molecule has 2 aliphatic rings. The molecule has 0 spiro atoms. The van der Waals surface area contributed by atoms with Crippen LogP contribution in [0.5, 0.6) is 0 Å². The lowest BCUT2D eigenvalue weighted by Crippen LogP contribution is -2.49. The minimum Gasteiger partial charge on any atom is -0.393 e. The van der Waals surface area contributed by atoms with Gasteiger partial charge in [-0.1, -0.05) is 74.2 Å². The lowest BCUT2D eigenvalue weighted by molar-refractivity contribution is -0.886. The average Bonchev–Trinajstić information content (AvgIpc) is 2.91. The summed E-state index contributed by atoms with van der Waals surface area (Å²) in [5.41, 5.74) is 3.43. The summed E-state index contributed by atoms with van der Waals surface area (Å²) in [6.45, 7) is 2.45. The van der Waals surface area contributed by atoms with Crippen LogP contribution >= 0.6 is 0 Å². The molecule has 0 radical (unpaired) electrons. The summed E-state index contributed by atoms with van der Waals surface area (Å²) in [5.74, 6) is 0.765. The zero-order chi connectivity index (χ0) is 28.9. The first-order valence-electron chi connectivity index (χ1n) is 15.2. The molecule has 218 valence electrons. The highest BCUT2D eigenvalue weighted by Gasteiger charge is 2.32. The Hall–Kier alpha value is -2.38. The van der Waals surface area contributed by atoms with Crippen molar-refractivity contribution in [3.05, 3.63) is 59.7 Å². The largest absolute Gasteiger partial charge is 0.393 e. The molecule has 0 heterocycles. The van der Waals surface area contributed by atoms with Gasteiger partial charge in [0.1, 0.15) is 13.1 Å². The number of Topliss-reactive ketones (excluding diaryl/α,β-unsaturated/α-hetero) is 2. The molecule has 4 rings (SSSR count). The summed E-state index contributed by atoms with van der Waals surface area (Å²) < 4.78 is 1.16. The van der Waals surface area contributed by atoms with Crippen molar-refractivity contribution >= 4 is 11.6 Å². The van der Waals surface area contributed by atoms with E-state index < -0.39 is 0 Å². The zero-order valence-corrected chi connectivity index (χ0v) is 25.0. The Bertz CT molecular complexity index is 1050. The summed E-state index contributed by atoms with van der Waals surface area (Å²) in [6, 6.07) is 15.5. The highest BCUT2D eigenvalue weighted by Crippen LogP contribution is 2.28. The molecule has 2 saturated carbocycles. The Morgan fingerprint density at radius 1 is 0.600 bits per heavy atom. The SMILES string of the molecule is C[N+](C)(CC(=O)c1ccc(-c2ccc(C(=O)C[N+](C)(C)CC3CCCCC3O)cc2)cc1)CC1CCCCC1O. The predicted octanol–water partition coefficient (Wildman–Crippen LogP) is 4.97. The molecule has 2 aliphatic carbocycles. The second kappa shape index (κ2) is 13.1. The number of aliphatic hydroxyl groups is 2. The standard InChI is InChI=1S/C34H50N2O4/c1-35(2,21-29-9-5-7-11-31(29)37)23-33(39)27-17-13-25(14-18-27)26-15-19-28(20-16-26)34(40)24-36(3,4)22-30-10-6-8-12-32(30)38/h13-20,29-32,37-38H,5-12,21-24H2,1-4H3/q+2. The molecule has 0 aliphatic heterocycles. The van der Waals surface area contributed by atoms with E-state index in [1.807, 2.05) is 48.5 Å². The monoisotopic (exact) mass is 550 g/mol. The Labute approximate surface area is 240 Å². The number of carbonyl (C=O) groups is 2. The van der Waals surface area contributed by atoms with Gasteiger partial charge in [-0.15, -0.1) is 0 Å². The van der Waals surface area contributed by atoms with Gasteiger partial charge in [0.05, 0.1) is 53.5 Å². The predicted molar refractivity (Wildman–Crippen MR) is 160 cm³/mol. The van der Waals surface area contributed by atoms with Crippen LogP contribution in [0, 0.1) is 11.8 Å². The maximum absolute atomic E-state index is 13.1. The number of benzene rings is 2. The van der Waals surface area contributed by atoms with E-state index in [2.05, 4.69) is 28.2 Å². The van der Waals surface area contributed by atoms with Crippen LogP contribution in [0.4, 0.5) is 0 Å². The lowest BCUT2D eigenvalue weighted by atomic mass is 9.85. The number of likely N-dealkylation sites (N-methyl/N-ethyl adjacent to an activating group) is 2. The Balaban J connectivity index is 1.32. The summed E-state index contributed by atoms with van der Waals surface area (Å²) in [7, 11) is 8.32. The molecule has 0 aromatic heterocycles. The van der Waals surface area contributed by atoms with E-state index in [9.17, 15) is 19.8 Å². The Morgan fingerprint density at radius 3 is 1.25 bits per heavy atom. The number of carbonyl (C=O) groups excluding carboxylic acids is 2. The van der Waals surface area contributed by atoms with Crippen molar-refractivity contribution in [2.45, 2.75) is 63.6 Å². The average molecular weight is 551 g/mol. The number of hydrogen-bond donors (Lipinski definition) is 2. The number of rotatable bonds is 11. The van der Waals surface area contributed by atoms with Crippen molar-refractivity contribution in [1.29, 1.82) is 0 Å². The van der Waals surface area contributed by atoms with E-state index in [1.54, 1.807) is 0 Å². The summed E-state index contributed by atoms with van der Waals surface area (Å²) in [4.78, 5) is 26.2. The van der Waals surface area contributed by atoms with Crippen molar-refractivity contribution in [3.63, 3.8) is 0 Å². The van der Waals surface area contributed by atoms with Crippen molar-refractivity contribution in [2.24, 2.45) is 11.8 Å².